The Bertz CT molecular complexity index is 1330. The molecule has 3 amide bonds. The number of benzene rings is 1. The maximum absolute atomic E-state index is 14.0. The lowest BCUT2D eigenvalue weighted by Crippen LogP contribution is -2.60. The molecule has 0 spiro atoms. The second-order valence-electron chi connectivity index (χ2n) is 10.4. The van der Waals surface area contributed by atoms with Gasteiger partial charge < -0.3 is 30.9 Å². The number of aliphatic hydroxyl groups is 2. The summed E-state index contributed by atoms with van der Waals surface area (Å²) in [6.07, 6.45) is -0.390. The molecule has 0 fully saturated rings. The summed E-state index contributed by atoms with van der Waals surface area (Å²) < 4.78 is 58.7. The molecule has 1 aromatic carbocycles. The fraction of sp³-hybridized carbons (Fsp3) is 0.517. The molecular formula is C29H40F2N4O8S. The molecule has 244 valence electrons. The van der Waals surface area contributed by atoms with Gasteiger partial charge in [0.2, 0.25) is 11.8 Å². The number of sulfone groups is 1. The number of unbranched alkanes of at least 4 members (excludes halogenated alkanes) is 1. The fourth-order valence-electron chi connectivity index (χ4n) is 4.46. The number of nitrogens with one attached hydrogen (secondary N) is 3. The van der Waals surface area contributed by atoms with Gasteiger partial charge in [0.15, 0.2) is 9.84 Å². The first-order chi connectivity index (χ1) is 20.8. The van der Waals surface area contributed by atoms with Crippen LogP contribution in [0.3, 0.4) is 0 Å². The maximum atomic E-state index is 14.0. The van der Waals surface area contributed by atoms with Gasteiger partial charge in [0.1, 0.15) is 29.9 Å². The molecule has 5 N–H and O–H groups in total. The molecule has 0 unspecified atom stereocenters. The van der Waals surface area contributed by atoms with Crippen LogP contribution in [-0.4, -0.2) is 96.9 Å². The van der Waals surface area contributed by atoms with E-state index in [1.165, 1.54) is 38.6 Å². The number of rotatable bonds is 18. The molecule has 15 heteroatoms. The summed E-state index contributed by atoms with van der Waals surface area (Å²) in [6, 6.07) is 1.28. The van der Waals surface area contributed by atoms with E-state index < -0.39 is 81.7 Å². The topological polar surface area (TPSA) is 184 Å². The van der Waals surface area contributed by atoms with E-state index in [1.807, 2.05) is 0 Å². The molecule has 1 aromatic heterocycles. The van der Waals surface area contributed by atoms with Crippen molar-refractivity contribution in [2.75, 3.05) is 25.2 Å². The highest BCUT2D eigenvalue weighted by molar-refractivity contribution is 7.91. The van der Waals surface area contributed by atoms with Gasteiger partial charge in [0.25, 0.3) is 5.91 Å². The Kier molecular flexibility index (Phi) is 14.7. The smallest absolute Gasteiger partial charge is 0.253 e. The molecule has 0 aliphatic heterocycles. The van der Waals surface area contributed by atoms with Gasteiger partial charge in [-0.1, -0.05) is 13.3 Å². The third-order valence-corrected chi connectivity index (χ3v) is 8.43. The van der Waals surface area contributed by atoms with Gasteiger partial charge in [-0.05, 0) is 49.1 Å². The average molecular weight is 643 g/mol. The van der Waals surface area contributed by atoms with Crippen LogP contribution in [0.15, 0.2) is 42.7 Å². The third-order valence-electron chi connectivity index (χ3n) is 6.68. The Balaban J connectivity index is 2.45. The number of methoxy groups -OCH3 is 1. The van der Waals surface area contributed by atoms with Crippen LogP contribution in [0.1, 0.15) is 49.0 Å². The van der Waals surface area contributed by atoms with E-state index in [0.717, 1.165) is 12.1 Å². The van der Waals surface area contributed by atoms with E-state index in [9.17, 15) is 41.8 Å². The summed E-state index contributed by atoms with van der Waals surface area (Å²) in [5, 5.41) is 29.6. The number of hydrogen-bond donors (Lipinski definition) is 5. The molecule has 0 saturated heterocycles. The number of ether oxygens (including phenoxy) is 1. The minimum Gasteiger partial charge on any atom is -0.388 e. The molecule has 0 bridgehead atoms. The second-order valence-corrected chi connectivity index (χ2v) is 12.6. The molecule has 2 rings (SSSR count). The monoisotopic (exact) mass is 642 g/mol. The van der Waals surface area contributed by atoms with Gasteiger partial charge >= 0.3 is 0 Å². The maximum Gasteiger partial charge on any atom is 0.253 e. The quantitative estimate of drug-likeness (QED) is 0.156. The van der Waals surface area contributed by atoms with Gasteiger partial charge in [0, 0.05) is 39.1 Å². The highest BCUT2D eigenvalue weighted by atomic mass is 32.2. The second kappa shape index (κ2) is 17.7. The number of pyridine rings is 1. The molecule has 5 atom stereocenters. The van der Waals surface area contributed by atoms with Crippen molar-refractivity contribution in [3.05, 3.63) is 65.5 Å². The SMILES string of the molecule is CCCCS(=O)(=O)C[C@@H](NC(=O)c1cccnc1)C(=O)N[C@@H](Cc1cc(F)cc(F)c1)[C@@H](O)[C@H](O)[C@@H](CCOC)NC(C)=O. The first kappa shape index (κ1) is 36.7. The van der Waals surface area contributed by atoms with Crippen molar-refractivity contribution in [1.82, 2.24) is 20.9 Å². The van der Waals surface area contributed by atoms with Crippen LogP contribution in [0.2, 0.25) is 0 Å². The third kappa shape index (κ3) is 12.2. The van der Waals surface area contributed by atoms with Gasteiger partial charge in [-0.3, -0.25) is 19.4 Å². The summed E-state index contributed by atoms with van der Waals surface area (Å²) in [5.74, 6) is -5.25. The lowest BCUT2D eigenvalue weighted by atomic mass is 9.92. The van der Waals surface area contributed by atoms with E-state index in [1.54, 1.807) is 6.92 Å². The number of aliphatic hydroxyl groups excluding tert-OH is 2. The standard InChI is InChI=1S/C29H40F2N4O8S/c1-4-5-11-44(41,42)17-25(35-28(39)20-7-6-9-32-16-20)29(40)34-24(14-19-12-21(30)15-22(31)13-19)27(38)26(37)23(8-10-43-3)33-18(2)36/h6-7,9,12-13,15-16,23-27,37-38H,4-5,8,10-11,14,17H2,1-3H3,(H,33,36)(H,34,40)(H,35,39)/t23-,24+,25-,26-,27-/m1/s1. The van der Waals surface area contributed by atoms with Crippen molar-refractivity contribution in [1.29, 1.82) is 0 Å². The van der Waals surface area contributed by atoms with Crippen LogP contribution in [-0.2, 0) is 30.6 Å². The zero-order valence-electron chi connectivity index (χ0n) is 24.8. The van der Waals surface area contributed by atoms with Crippen LogP contribution in [0.4, 0.5) is 8.78 Å². The minimum atomic E-state index is -3.86. The Morgan fingerprint density at radius 1 is 1.02 bits per heavy atom. The fourth-order valence-corrected chi connectivity index (χ4v) is 6.09. The number of amides is 3. The van der Waals surface area contributed by atoms with Crippen molar-refractivity contribution in [2.24, 2.45) is 0 Å². The summed E-state index contributed by atoms with van der Waals surface area (Å²) in [4.78, 5) is 42.1. The summed E-state index contributed by atoms with van der Waals surface area (Å²) in [6.45, 7) is 3.07. The van der Waals surface area contributed by atoms with Gasteiger partial charge in [0.05, 0.1) is 29.2 Å². The van der Waals surface area contributed by atoms with Crippen molar-refractivity contribution in [3.63, 3.8) is 0 Å². The van der Waals surface area contributed by atoms with Crippen LogP contribution in [0.25, 0.3) is 0 Å². The molecule has 0 radical (unpaired) electrons. The zero-order valence-corrected chi connectivity index (χ0v) is 25.6. The molecule has 2 aromatic rings. The van der Waals surface area contributed by atoms with Crippen LogP contribution in [0.5, 0.6) is 0 Å². The molecule has 0 aliphatic rings. The Morgan fingerprint density at radius 2 is 1.68 bits per heavy atom. The summed E-state index contributed by atoms with van der Waals surface area (Å²) in [5.41, 5.74) is 0.0494. The van der Waals surface area contributed by atoms with Gasteiger partial charge in [-0.25, -0.2) is 17.2 Å². The molecule has 44 heavy (non-hydrogen) atoms. The van der Waals surface area contributed by atoms with Gasteiger partial charge in [-0.2, -0.15) is 0 Å². The largest absolute Gasteiger partial charge is 0.388 e. The number of aromatic nitrogens is 1. The number of hydrogen-bond acceptors (Lipinski definition) is 9. The van der Waals surface area contributed by atoms with Crippen LogP contribution >= 0.6 is 0 Å². The number of nitrogens with zero attached hydrogens (tertiary/aromatic N) is 1. The van der Waals surface area contributed by atoms with Crippen molar-refractivity contribution in [2.45, 2.75) is 69.9 Å². The number of carbonyl (C=O) groups excluding carboxylic acids is 3. The Labute approximate surface area is 255 Å². The van der Waals surface area contributed by atoms with Crippen molar-refractivity contribution in [3.8, 4) is 0 Å². The predicted octanol–water partition coefficient (Wildman–Crippen LogP) is 0.664. The molecule has 12 nitrogen and oxygen atoms in total. The molecule has 0 saturated carbocycles. The summed E-state index contributed by atoms with van der Waals surface area (Å²) >= 11 is 0. The minimum absolute atomic E-state index is 0.00136. The average Bonchev–Trinajstić information content (AvgIpc) is 2.96. The Hall–Kier alpha value is -3.53. The predicted molar refractivity (Wildman–Crippen MR) is 157 cm³/mol. The normalized spacial score (nSPS) is 15.0. The van der Waals surface area contributed by atoms with E-state index in [-0.39, 0.29) is 29.9 Å². The lowest BCUT2D eigenvalue weighted by Gasteiger charge is -2.33. The van der Waals surface area contributed by atoms with Crippen molar-refractivity contribution < 1.29 is 46.5 Å². The van der Waals surface area contributed by atoms with E-state index in [0.29, 0.717) is 18.9 Å². The number of carbonyl (C=O) groups is 3. The Morgan fingerprint density at radius 3 is 2.25 bits per heavy atom. The van der Waals surface area contributed by atoms with Crippen molar-refractivity contribution >= 4 is 27.6 Å². The molecule has 1 heterocycles. The van der Waals surface area contributed by atoms with E-state index >= 15 is 0 Å². The molecular weight excluding hydrogens is 602 g/mol. The highest BCUT2D eigenvalue weighted by Gasteiger charge is 2.36. The van der Waals surface area contributed by atoms with Crippen LogP contribution < -0.4 is 16.0 Å². The summed E-state index contributed by atoms with van der Waals surface area (Å²) in [7, 11) is -2.47. The molecule has 0 aliphatic carbocycles. The zero-order chi connectivity index (χ0) is 32.9. The van der Waals surface area contributed by atoms with E-state index in [4.69, 9.17) is 4.74 Å². The lowest BCUT2D eigenvalue weighted by molar-refractivity contribution is -0.126. The first-order valence-electron chi connectivity index (χ1n) is 14.0. The first-order valence-corrected chi connectivity index (χ1v) is 15.9. The van der Waals surface area contributed by atoms with Gasteiger partial charge in [-0.15, -0.1) is 0 Å². The van der Waals surface area contributed by atoms with E-state index in [2.05, 4.69) is 20.9 Å². The number of halogens is 2. The highest BCUT2D eigenvalue weighted by Crippen LogP contribution is 2.16. The van der Waals surface area contributed by atoms with Crippen LogP contribution in [0, 0.1) is 11.6 Å².